The number of carbonyl (C=O) groups is 1. The van der Waals surface area contributed by atoms with Gasteiger partial charge in [-0.15, -0.1) is 0 Å². The van der Waals surface area contributed by atoms with Crippen molar-refractivity contribution in [1.82, 2.24) is 24.6 Å². The number of nitrogens with zero attached hydrogens (tertiary/aromatic N) is 6. The zero-order chi connectivity index (χ0) is 26.0. The Bertz CT molecular complexity index is 1420. The first kappa shape index (κ1) is 24.7. The average Bonchev–Trinajstić information content (AvgIpc) is 3.59. The van der Waals surface area contributed by atoms with E-state index in [1.807, 2.05) is 6.07 Å². The largest absolute Gasteiger partial charge is 0.498 e. The van der Waals surface area contributed by atoms with Gasteiger partial charge in [0, 0.05) is 30.0 Å². The van der Waals surface area contributed by atoms with Gasteiger partial charge in [-0.3, -0.25) is 9.50 Å². The highest BCUT2D eigenvalue weighted by atomic mass is 19.1. The highest BCUT2D eigenvalue weighted by Gasteiger charge is 2.31. The molecule has 186 valence electrons. The number of ether oxygens (including phenoxy) is 2. The minimum absolute atomic E-state index is 0.0964. The number of allylic oxidation sites excluding steroid dienone is 3. The lowest BCUT2D eigenvalue weighted by atomic mass is 10.0. The van der Waals surface area contributed by atoms with E-state index in [2.05, 4.69) is 26.7 Å². The van der Waals surface area contributed by atoms with Crippen LogP contribution < -0.4 is 4.90 Å². The maximum Gasteiger partial charge on any atom is 0.417 e. The van der Waals surface area contributed by atoms with E-state index < -0.39 is 17.5 Å². The molecule has 4 heterocycles. The average molecular weight is 492 g/mol. The molecule has 0 saturated heterocycles. The minimum atomic E-state index is -0.831. The lowest BCUT2D eigenvalue weighted by Crippen LogP contribution is -2.40. The summed E-state index contributed by atoms with van der Waals surface area (Å²) in [4.78, 5) is 23.6. The number of amides is 1. The molecule has 3 aromatic heterocycles. The van der Waals surface area contributed by atoms with Gasteiger partial charge in [0.1, 0.15) is 17.5 Å². The molecule has 0 atom stereocenters. The van der Waals surface area contributed by atoms with Crippen molar-refractivity contribution >= 4 is 17.7 Å². The lowest BCUT2D eigenvalue weighted by Gasteiger charge is -2.28. The second-order valence-corrected chi connectivity index (χ2v) is 9.09. The van der Waals surface area contributed by atoms with Gasteiger partial charge >= 0.3 is 6.09 Å². The molecule has 3 aromatic rings. The van der Waals surface area contributed by atoms with Crippen molar-refractivity contribution in [2.24, 2.45) is 0 Å². The maximum absolute atomic E-state index is 15.1. The van der Waals surface area contributed by atoms with E-state index in [4.69, 9.17) is 9.47 Å². The van der Waals surface area contributed by atoms with Crippen LogP contribution in [0.2, 0.25) is 0 Å². The summed E-state index contributed by atoms with van der Waals surface area (Å²) >= 11 is 0. The van der Waals surface area contributed by atoms with E-state index >= 15 is 4.39 Å². The summed E-state index contributed by atoms with van der Waals surface area (Å²) in [6.45, 7) is 10.7. The molecule has 0 aromatic carbocycles. The smallest absolute Gasteiger partial charge is 0.417 e. The van der Waals surface area contributed by atoms with Crippen molar-refractivity contribution in [3.8, 4) is 17.3 Å². The number of fused-ring (bicyclic) bond motifs is 1. The van der Waals surface area contributed by atoms with Crippen molar-refractivity contribution in [3.63, 3.8) is 0 Å². The summed E-state index contributed by atoms with van der Waals surface area (Å²) in [6.07, 6.45) is 5.44. The van der Waals surface area contributed by atoms with Gasteiger partial charge in [-0.2, -0.15) is 10.4 Å². The summed E-state index contributed by atoms with van der Waals surface area (Å²) < 4.78 is 27.8. The third-order valence-electron chi connectivity index (χ3n) is 5.46. The molecule has 36 heavy (non-hydrogen) atoms. The molecule has 4 rings (SSSR count). The van der Waals surface area contributed by atoms with Crippen molar-refractivity contribution < 1.29 is 18.7 Å². The van der Waals surface area contributed by atoms with Crippen LogP contribution in [0.3, 0.4) is 0 Å². The number of rotatable bonds is 6. The number of anilines is 1. The van der Waals surface area contributed by atoms with Gasteiger partial charge in [0.05, 0.1) is 36.4 Å². The van der Waals surface area contributed by atoms with Gasteiger partial charge in [-0.05, 0) is 39.8 Å². The highest BCUT2D eigenvalue weighted by molar-refractivity contribution is 5.88. The number of halogens is 1. The predicted molar refractivity (Wildman–Crippen MR) is 130 cm³/mol. The first-order valence-corrected chi connectivity index (χ1v) is 11.3. The van der Waals surface area contributed by atoms with Gasteiger partial charge in [-0.1, -0.05) is 6.58 Å². The van der Waals surface area contributed by atoms with E-state index in [0.717, 1.165) is 6.08 Å². The van der Waals surface area contributed by atoms with E-state index in [0.29, 0.717) is 41.3 Å². The number of imidazole rings is 1. The van der Waals surface area contributed by atoms with Gasteiger partial charge in [-0.25, -0.2) is 24.1 Å². The van der Waals surface area contributed by atoms with Crippen LogP contribution in [0.4, 0.5) is 15.1 Å². The van der Waals surface area contributed by atoms with Crippen LogP contribution in [-0.4, -0.2) is 49.4 Å². The van der Waals surface area contributed by atoms with E-state index in [1.165, 1.54) is 21.7 Å². The fraction of sp³-hybridized carbons (Fsp3) is 0.320. The summed E-state index contributed by atoms with van der Waals surface area (Å²) in [6, 6.07) is 3.75. The standard InChI is InChI=1S/C25H26FN7O3/c1-6-20(26)19(17-8-10-35-15(17)2)14-33(24(34)36-25(3,4)5)23-28-12-18(21-7-9-29-31-21)22-30-16(11-27)13-32(22)23/h6-7,9,12-13H,1,8,10,14H2,2-5H3,(H,29,31)/b20-19+. The molecule has 1 N–H and O–H groups in total. The number of nitrogens with one attached hydrogen (secondary N) is 1. The zero-order valence-electron chi connectivity index (χ0n) is 20.5. The molecule has 0 radical (unpaired) electrons. The van der Waals surface area contributed by atoms with Gasteiger partial charge in [0.2, 0.25) is 5.95 Å². The topological polar surface area (TPSA) is 121 Å². The number of aromatic amines is 1. The second-order valence-electron chi connectivity index (χ2n) is 9.09. The number of nitriles is 1. The van der Waals surface area contributed by atoms with Gasteiger partial charge in [0.15, 0.2) is 11.3 Å². The Kier molecular flexibility index (Phi) is 6.61. The molecule has 0 saturated carbocycles. The lowest BCUT2D eigenvalue weighted by molar-refractivity contribution is 0.0581. The Hall–Kier alpha value is -4.46. The quantitative estimate of drug-likeness (QED) is 0.490. The summed E-state index contributed by atoms with van der Waals surface area (Å²) in [5, 5.41) is 16.4. The molecule has 1 aliphatic rings. The molecular weight excluding hydrogens is 465 g/mol. The van der Waals surface area contributed by atoms with Gasteiger partial charge in [0.25, 0.3) is 0 Å². The Morgan fingerprint density at radius 2 is 2.25 bits per heavy atom. The second kappa shape index (κ2) is 9.65. The van der Waals surface area contributed by atoms with Crippen molar-refractivity contribution in [1.29, 1.82) is 5.26 Å². The highest BCUT2D eigenvalue weighted by Crippen LogP contribution is 2.32. The van der Waals surface area contributed by atoms with E-state index in [-0.39, 0.29) is 23.8 Å². The monoisotopic (exact) mass is 491 g/mol. The number of hydrogen-bond acceptors (Lipinski definition) is 7. The molecule has 11 heteroatoms. The summed E-state index contributed by atoms with van der Waals surface area (Å²) in [7, 11) is 0. The van der Waals surface area contributed by atoms with Crippen molar-refractivity contribution in [3.05, 3.63) is 65.7 Å². The third-order valence-corrected chi connectivity index (χ3v) is 5.46. The molecular formula is C25H26FN7O3. The van der Waals surface area contributed by atoms with Crippen LogP contribution in [0.15, 0.2) is 60.0 Å². The molecule has 0 bridgehead atoms. The molecule has 0 unspecified atom stereocenters. The number of H-pyrrole nitrogens is 1. The fourth-order valence-electron chi connectivity index (χ4n) is 3.87. The summed E-state index contributed by atoms with van der Waals surface area (Å²) in [5.41, 5.74) is 1.61. The molecule has 10 nitrogen and oxygen atoms in total. The van der Waals surface area contributed by atoms with Crippen molar-refractivity contribution in [2.75, 3.05) is 18.1 Å². The molecule has 0 aliphatic carbocycles. The van der Waals surface area contributed by atoms with Crippen LogP contribution in [0.5, 0.6) is 0 Å². The zero-order valence-corrected chi connectivity index (χ0v) is 20.5. The molecule has 0 spiro atoms. The van der Waals surface area contributed by atoms with Crippen LogP contribution in [0, 0.1) is 11.3 Å². The Morgan fingerprint density at radius 1 is 1.47 bits per heavy atom. The van der Waals surface area contributed by atoms with Crippen LogP contribution in [-0.2, 0) is 9.47 Å². The third kappa shape index (κ3) is 4.84. The van der Waals surface area contributed by atoms with Crippen LogP contribution >= 0.6 is 0 Å². The number of carbonyl (C=O) groups excluding carboxylic acids is 1. The Morgan fingerprint density at radius 3 is 2.83 bits per heavy atom. The number of hydrogen-bond donors (Lipinski definition) is 1. The molecule has 1 aliphatic heterocycles. The van der Waals surface area contributed by atoms with E-state index in [9.17, 15) is 10.1 Å². The van der Waals surface area contributed by atoms with Gasteiger partial charge < -0.3 is 9.47 Å². The minimum Gasteiger partial charge on any atom is -0.498 e. The van der Waals surface area contributed by atoms with Crippen molar-refractivity contribution in [2.45, 2.75) is 39.7 Å². The molecule has 0 fully saturated rings. The first-order chi connectivity index (χ1) is 17.1. The fourth-order valence-corrected chi connectivity index (χ4v) is 3.87. The van der Waals surface area contributed by atoms with Crippen LogP contribution in [0.25, 0.3) is 16.9 Å². The Balaban J connectivity index is 1.91. The maximum atomic E-state index is 15.1. The summed E-state index contributed by atoms with van der Waals surface area (Å²) in [5.74, 6) is 0.0859. The van der Waals surface area contributed by atoms with Crippen LogP contribution in [0.1, 0.15) is 39.8 Å². The van der Waals surface area contributed by atoms with E-state index in [1.54, 1.807) is 40.0 Å². The predicted octanol–water partition coefficient (Wildman–Crippen LogP) is 4.84. The SMILES string of the molecule is C=C/C(F)=C(/CN(C(=O)OC(C)(C)C)c1ncc(-c2cc[nH]n2)c2nc(C#N)cn12)C1=C(C)OCC1. The number of aromatic nitrogens is 5. The normalized spacial score (nSPS) is 14.3. The Labute approximate surface area is 207 Å². The first-order valence-electron chi connectivity index (χ1n) is 11.3. The molecule has 1 amide bonds.